The van der Waals surface area contributed by atoms with Gasteiger partial charge >= 0.3 is 0 Å². The Labute approximate surface area is 89.9 Å². The Kier molecular flexibility index (Phi) is 2.28. The average Bonchev–Trinajstić information content (AvgIpc) is 2.41. The molecule has 1 aromatic heterocycles. The van der Waals surface area contributed by atoms with Gasteiger partial charge in [-0.15, -0.1) is 0 Å². The number of nitrogens with zero attached hydrogens (tertiary/aromatic N) is 2. The smallest absolute Gasteiger partial charge is 0.143 e. The standard InChI is InChI=1S/C12H17FN2/c1-7-5-8(13)10-9(7)11(12(2,3)4)15-6-14-10/h6-8H,5H2,1-4H3/t7-,8-/m0/s1. The fraction of sp³-hybridized carbons (Fsp3) is 0.667. The van der Waals surface area contributed by atoms with Crippen LogP contribution in [0.15, 0.2) is 6.33 Å². The van der Waals surface area contributed by atoms with Gasteiger partial charge in [0.05, 0.1) is 11.4 Å². The molecule has 1 aliphatic carbocycles. The molecule has 2 atom stereocenters. The van der Waals surface area contributed by atoms with Gasteiger partial charge in [-0.25, -0.2) is 14.4 Å². The van der Waals surface area contributed by atoms with Crippen LogP contribution in [0.1, 0.15) is 63.2 Å². The van der Waals surface area contributed by atoms with Crippen molar-refractivity contribution in [2.24, 2.45) is 0 Å². The highest BCUT2D eigenvalue weighted by Crippen LogP contribution is 2.44. The summed E-state index contributed by atoms with van der Waals surface area (Å²) in [6, 6.07) is 0. The Bertz CT molecular complexity index is 382. The van der Waals surface area contributed by atoms with E-state index in [2.05, 4.69) is 37.7 Å². The van der Waals surface area contributed by atoms with Gasteiger partial charge in [0.25, 0.3) is 0 Å². The summed E-state index contributed by atoms with van der Waals surface area (Å²) in [6.45, 7) is 8.37. The number of rotatable bonds is 0. The van der Waals surface area contributed by atoms with Crippen molar-refractivity contribution in [3.8, 4) is 0 Å². The van der Waals surface area contributed by atoms with Crippen molar-refractivity contribution in [2.45, 2.75) is 51.6 Å². The lowest BCUT2D eigenvalue weighted by Gasteiger charge is -2.22. The molecule has 0 spiro atoms. The van der Waals surface area contributed by atoms with Crippen LogP contribution in [0.4, 0.5) is 4.39 Å². The molecule has 0 aromatic carbocycles. The van der Waals surface area contributed by atoms with Crippen LogP contribution in [0.5, 0.6) is 0 Å². The highest BCUT2D eigenvalue weighted by Gasteiger charge is 2.35. The van der Waals surface area contributed by atoms with Gasteiger partial charge < -0.3 is 0 Å². The number of alkyl halides is 1. The largest absolute Gasteiger partial charge is 0.241 e. The maximum Gasteiger partial charge on any atom is 0.143 e. The number of hydrogen-bond acceptors (Lipinski definition) is 2. The van der Waals surface area contributed by atoms with E-state index in [0.717, 1.165) is 11.3 Å². The Morgan fingerprint density at radius 2 is 2.00 bits per heavy atom. The second-order valence-electron chi connectivity index (χ2n) is 5.38. The maximum absolute atomic E-state index is 13.6. The Balaban J connectivity index is 2.61. The van der Waals surface area contributed by atoms with Gasteiger partial charge in [0.1, 0.15) is 12.5 Å². The molecule has 0 amide bonds. The fourth-order valence-corrected chi connectivity index (χ4v) is 2.28. The minimum Gasteiger partial charge on any atom is -0.241 e. The van der Waals surface area contributed by atoms with Crippen molar-refractivity contribution in [3.05, 3.63) is 23.3 Å². The fourth-order valence-electron chi connectivity index (χ4n) is 2.28. The van der Waals surface area contributed by atoms with Gasteiger partial charge in [0.15, 0.2) is 0 Å². The van der Waals surface area contributed by atoms with Crippen LogP contribution >= 0.6 is 0 Å². The molecule has 0 saturated carbocycles. The zero-order chi connectivity index (χ0) is 11.2. The minimum absolute atomic E-state index is 0.0364. The second-order valence-corrected chi connectivity index (χ2v) is 5.38. The molecule has 15 heavy (non-hydrogen) atoms. The molecule has 0 aliphatic heterocycles. The van der Waals surface area contributed by atoms with Crippen LogP contribution in [0.2, 0.25) is 0 Å². The SMILES string of the molecule is C[C@H]1C[C@H](F)c2ncnc(C(C)(C)C)c21. The van der Waals surface area contributed by atoms with E-state index in [1.807, 2.05) is 0 Å². The van der Waals surface area contributed by atoms with Crippen LogP contribution < -0.4 is 0 Å². The highest BCUT2D eigenvalue weighted by molar-refractivity contribution is 5.37. The summed E-state index contributed by atoms with van der Waals surface area (Å²) in [5.74, 6) is 0.241. The summed E-state index contributed by atoms with van der Waals surface area (Å²) in [6.07, 6.45) is 1.14. The van der Waals surface area contributed by atoms with E-state index < -0.39 is 6.17 Å². The molecule has 82 valence electrons. The first kappa shape index (κ1) is 10.5. The van der Waals surface area contributed by atoms with E-state index in [1.165, 1.54) is 6.33 Å². The molecule has 0 bridgehead atoms. The predicted octanol–water partition coefficient (Wildman–Crippen LogP) is 3.29. The summed E-state index contributed by atoms with van der Waals surface area (Å²) >= 11 is 0. The third-order valence-electron chi connectivity index (χ3n) is 2.98. The molecule has 2 rings (SSSR count). The van der Waals surface area contributed by atoms with E-state index >= 15 is 0 Å². The monoisotopic (exact) mass is 208 g/mol. The van der Waals surface area contributed by atoms with Gasteiger partial charge in [0.2, 0.25) is 0 Å². The molecule has 1 aliphatic rings. The first-order valence-corrected chi connectivity index (χ1v) is 5.40. The normalized spacial score (nSPS) is 25.4. The van der Waals surface area contributed by atoms with Crippen molar-refractivity contribution in [2.75, 3.05) is 0 Å². The highest BCUT2D eigenvalue weighted by atomic mass is 19.1. The summed E-state index contributed by atoms with van der Waals surface area (Å²) in [7, 11) is 0. The van der Waals surface area contributed by atoms with Crippen LogP contribution in [0, 0.1) is 0 Å². The predicted molar refractivity (Wildman–Crippen MR) is 57.6 cm³/mol. The molecule has 0 radical (unpaired) electrons. The topological polar surface area (TPSA) is 25.8 Å². The van der Waals surface area contributed by atoms with Crippen molar-refractivity contribution in [3.63, 3.8) is 0 Å². The van der Waals surface area contributed by atoms with Gasteiger partial charge in [-0.2, -0.15) is 0 Å². The molecule has 0 unspecified atom stereocenters. The average molecular weight is 208 g/mol. The van der Waals surface area contributed by atoms with E-state index in [-0.39, 0.29) is 11.3 Å². The maximum atomic E-state index is 13.6. The molecular formula is C12H17FN2. The van der Waals surface area contributed by atoms with Gasteiger partial charge in [-0.1, -0.05) is 27.7 Å². The second kappa shape index (κ2) is 3.26. The third kappa shape index (κ3) is 1.64. The third-order valence-corrected chi connectivity index (χ3v) is 2.98. The van der Waals surface area contributed by atoms with Crippen molar-refractivity contribution >= 4 is 0 Å². The molecule has 1 heterocycles. The van der Waals surface area contributed by atoms with Gasteiger partial charge in [-0.05, 0) is 12.3 Å². The Morgan fingerprint density at radius 3 is 2.60 bits per heavy atom. The summed E-state index contributed by atoms with van der Waals surface area (Å²) in [4.78, 5) is 8.41. The first-order valence-electron chi connectivity index (χ1n) is 5.40. The van der Waals surface area contributed by atoms with Crippen molar-refractivity contribution in [1.29, 1.82) is 0 Å². The molecule has 0 saturated heterocycles. The first-order chi connectivity index (χ1) is 6.91. The van der Waals surface area contributed by atoms with E-state index in [9.17, 15) is 4.39 Å². The zero-order valence-electron chi connectivity index (χ0n) is 9.71. The van der Waals surface area contributed by atoms with Crippen LogP contribution in [0.3, 0.4) is 0 Å². The number of aromatic nitrogens is 2. The van der Waals surface area contributed by atoms with E-state index in [0.29, 0.717) is 12.1 Å². The quantitative estimate of drug-likeness (QED) is 0.653. The molecule has 3 heteroatoms. The van der Waals surface area contributed by atoms with Gasteiger partial charge in [-0.3, -0.25) is 0 Å². The summed E-state index contributed by atoms with van der Waals surface area (Å²) in [5, 5.41) is 0. The zero-order valence-corrected chi connectivity index (χ0v) is 9.71. The van der Waals surface area contributed by atoms with Crippen molar-refractivity contribution in [1.82, 2.24) is 9.97 Å². The van der Waals surface area contributed by atoms with Crippen molar-refractivity contribution < 1.29 is 4.39 Å². The molecule has 1 aromatic rings. The lowest BCUT2D eigenvalue weighted by Crippen LogP contribution is -2.18. The summed E-state index contributed by atoms with van der Waals surface area (Å²) in [5.41, 5.74) is 2.62. The van der Waals surface area contributed by atoms with Gasteiger partial charge in [0, 0.05) is 11.0 Å². The van der Waals surface area contributed by atoms with E-state index in [1.54, 1.807) is 0 Å². The van der Waals surface area contributed by atoms with Crippen LogP contribution in [0.25, 0.3) is 0 Å². The molecule has 0 fully saturated rings. The lowest BCUT2D eigenvalue weighted by molar-refractivity contribution is 0.326. The number of hydrogen-bond donors (Lipinski definition) is 0. The Hall–Kier alpha value is -0.990. The lowest BCUT2D eigenvalue weighted by atomic mass is 9.86. The number of fused-ring (bicyclic) bond motifs is 1. The van der Waals surface area contributed by atoms with E-state index in [4.69, 9.17) is 0 Å². The Morgan fingerprint density at radius 1 is 1.33 bits per heavy atom. The molecular weight excluding hydrogens is 191 g/mol. The molecule has 2 nitrogen and oxygen atoms in total. The minimum atomic E-state index is -0.904. The summed E-state index contributed by atoms with van der Waals surface area (Å²) < 4.78 is 13.6. The van der Waals surface area contributed by atoms with Crippen LogP contribution in [-0.4, -0.2) is 9.97 Å². The molecule has 0 N–H and O–H groups in total. The number of halogens is 1. The van der Waals surface area contributed by atoms with Crippen LogP contribution in [-0.2, 0) is 5.41 Å².